The molecule has 1 fully saturated rings. The minimum absolute atomic E-state index is 0.0275. The van der Waals surface area contributed by atoms with Crippen molar-refractivity contribution < 1.29 is 8.42 Å². The molecule has 0 atom stereocenters. The van der Waals surface area contributed by atoms with Crippen molar-refractivity contribution in [1.29, 1.82) is 0 Å². The lowest BCUT2D eigenvalue weighted by Crippen LogP contribution is -2.49. The maximum atomic E-state index is 12.8. The standard InChI is InChI=1S/C19H21ClN6O2S/c1-15-22-18(13-19(23-15)26-8-2-7-21-26)24-9-11-25(12-10-24)29(27,28)14-16-3-5-17(20)6-4-16/h2-8,13H,9-12,14H2,1H3. The lowest BCUT2D eigenvalue weighted by molar-refractivity contribution is 0.383. The highest BCUT2D eigenvalue weighted by Gasteiger charge is 2.28. The van der Waals surface area contributed by atoms with E-state index < -0.39 is 10.0 Å². The number of halogens is 1. The predicted molar refractivity (Wildman–Crippen MR) is 112 cm³/mol. The predicted octanol–water partition coefficient (Wildman–Crippen LogP) is 2.28. The molecule has 8 nitrogen and oxygen atoms in total. The van der Waals surface area contributed by atoms with Crippen LogP contribution in [-0.2, 0) is 15.8 Å². The van der Waals surface area contributed by atoms with Gasteiger partial charge in [-0.2, -0.15) is 9.40 Å². The highest BCUT2D eigenvalue weighted by atomic mass is 35.5. The fourth-order valence-electron chi connectivity index (χ4n) is 3.30. The summed E-state index contributed by atoms with van der Waals surface area (Å²) in [5.74, 6) is 2.08. The van der Waals surface area contributed by atoms with Gasteiger partial charge in [0, 0.05) is 49.7 Å². The third-order valence-electron chi connectivity index (χ3n) is 4.77. The maximum Gasteiger partial charge on any atom is 0.218 e. The Bertz CT molecular complexity index is 1080. The van der Waals surface area contributed by atoms with E-state index in [-0.39, 0.29) is 5.75 Å². The molecule has 1 aliphatic heterocycles. The molecule has 0 radical (unpaired) electrons. The summed E-state index contributed by atoms with van der Waals surface area (Å²) in [4.78, 5) is 11.0. The van der Waals surface area contributed by atoms with E-state index in [0.717, 1.165) is 11.4 Å². The number of sulfonamides is 1. The molecule has 1 aromatic carbocycles. The van der Waals surface area contributed by atoms with Crippen molar-refractivity contribution in [2.75, 3.05) is 31.1 Å². The van der Waals surface area contributed by atoms with Crippen LogP contribution in [0.4, 0.5) is 5.82 Å². The van der Waals surface area contributed by atoms with Gasteiger partial charge in [0.05, 0.1) is 5.75 Å². The first-order chi connectivity index (χ1) is 13.9. The second kappa shape index (κ2) is 8.10. The zero-order chi connectivity index (χ0) is 20.4. The van der Waals surface area contributed by atoms with Gasteiger partial charge in [-0.15, -0.1) is 0 Å². The van der Waals surface area contributed by atoms with Crippen molar-refractivity contribution >= 4 is 27.4 Å². The van der Waals surface area contributed by atoms with E-state index >= 15 is 0 Å². The van der Waals surface area contributed by atoms with Crippen molar-refractivity contribution in [2.45, 2.75) is 12.7 Å². The second-order valence-electron chi connectivity index (χ2n) is 6.85. The molecule has 0 spiro atoms. The summed E-state index contributed by atoms with van der Waals surface area (Å²) in [5.41, 5.74) is 0.729. The number of piperazine rings is 1. The van der Waals surface area contributed by atoms with Crippen molar-refractivity contribution in [1.82, 2.24) is 24.1 Å². The zero-order valence-corrected chi connectivity index (χ0v) is 17.5. The summed E-state index contributed by atoms with van der Waals surface area (Å²) in [7, 11) is -3.39. The molecule has 3 aromatic rings. The van der Waals surface area contributed by atoms with Crippen molar-refractivity contribution in [3.05, 3.63) is 65.2 Å². The van der Waals surface area contributed by atoms with Crippen LogP contribution in [0.3, 0.4) is 0 Å². The maximum absolute atomic E-state index is 12.8. The van der Waals surface area contributed by atoms with Crippen LogP contribution < -0.4 is 4.90 Å². The molecule has 0 N–H and O–H groups in total. The fraction of sp³-hybridized carbons (Fsp3) is 0.316. The van der Waals surface area contributed by atoms with E-state index in [1.807, 2.05) is 25.3 Å². The fourth-order valence-corrected chi connectivity index (χ4v) is 4.94. The smallest absolute Gasteiger partial charge is 0.218 e. The van der Waals surface area contributed by atoms with Crippen LogP contribution in [0.5, 0.6) is 0 Å². The van der Waals surface area contributed by atoms with Crippen LogP contribution in [0.15, 0.2) is 48.8 Å². The quantitative estimate of drug-likeness (QED) is 0.615. The lowest BCUT2D eigenvalue weighted by atomic mass is 10.2. The summed E-state index contributed by atoms with van der Waals surface area (Å²) in [5, 5.41) is 4.81. The van der Waals surface area contributed by atoms with Crippen LogP contribution in [-0.4, -0.2) is 58.7 Å². The molecule has 1 saturated heterocycles. The molecule has 1 aliphatic rings. The normalized spacial score (nSPS) is 15.6. The van der Waals surface area contributed by atoms with E-state index in [9.17, 15) is 8.42 Å². The molecule has 0 bridgehead atoms. The molecule has 0 saturated carbocycles. The molecule has 10 heteroatoms. The lowest BCUT2D eigenvalue weighted by Gasteiger charge is -2.34. The third-order valence-corrected chi connectivity index (χ3v) is 6.87. The van der Waals surface area contributed by atoms with Crippen LogP contribution in [0.2, 0.25) is 5.02 Å². The van der Waals surface area contributed by atoms with Crippen LogP contribution in [0, 0.1) is 6.92 Å². The Labute approximate surface area is 174 Å². The largest absolute Gasteiger partial charge is 0.354 e. The average molecular weight is 433 g/mol. The first kappa shape index (κ1) is 19.8. The number of hydrogen-bond acceptors (Lipinski definition) is 6. The summed E-state index contributed by atoms with van der Waals surface area (Å²) >= 11 is 5.88. The van der Waals surface area contributed by atoms with Crippen molar-refractivity contribution in [3.8, 4) is 5.82 Å². The Morgan fingerprint density at radius 2 is 1.72 bits per heavy atom. The minimum Gasteiger partial charge on any atom is -0.354 e. The van der Waals surface area contributed by atoms with Gasteiger partial charge >= 0.3 is 0 Å². The van der Waals surface area contributed by atoms with E-state index in [0.29, 0.717) is 42.8 Å². The molecule has 0 unspecified atom stereocenters. The van der Waals surface area contributed by atoms with Gasteiger partial charge in [-0.3, -0.25) is 0 Å². The van der Waals surface area contributed by atoms with E-state index in [2.05, 4.69) is 20.0 Å². The van der Waals surface area contributed by atoms with Gasteiger partial charge in [0.25, 0.3) is 0 Å². The molecule has 2 aromatic heterocycles. The van der Waals surface area contributed by atoms with Gasteiger partial charge in [-0.25, -0.2) is 23.1 Å². The molecule has 152 valence electrons. The van der Waals surface area contributed by atoms with Gasteiger partial charge < -0.3 is 4.90 Å². The Morgan fingerprint density at radius 3 is 2.38 bits per heavy atom. The molecule has 0 amide bonds. The zero-order valence-electron chi connectivity index (χ0n) is 15.9. The van der Waals surface area contributed by atoms with Crippen LogP contribution in [0.25, 0.3) is 5.82 Å². The van der Waals surface area contributed by atoms with Gasteiger partial charge in [0.15, 0.2) is 5.82 Å². The molecule has 29 heavy (non-hydrogen) atoms. The number of anilines is 1. The number of rotatable bonds is 5. The van der Waals surface area contributed by atoms with Crippen molar-refractivity contribution in [2.24, 2.45) is 0 Å². The highest BCUT2D eigenvalue weighted by Crippen LogP contribution is 2.20. The number of benzene rings is 1. The second-order valence-corrected chi connectivity index (χ2v) is 9.26. The van der Waals surface area contributed by atoms with Crippen LogP contribution >= 0.6 is 11.6 Å². The van der Waals surface area contributed by atoms with E-state index in [1.54, 1.807) is 39.4 Å². The SMILES string of the molecule is Cc1nc(N2CCN(S(=O)(=O)Cc3ccc(Cl)cc3)CC2)cc(-n2cccn2)n1. The molecule has 3 heterocycles. The first-order valence-corrected chi connectivity index (χ1v) is 11.2. The topological polar surface area (TPSA) is 84.2 Å². The average Bonchev–Trinajstić information content (AvgIpc) is 3.24. The Morgan fingerprint density at radius 1 is 1.03 bits per heavy atom. The summed E-state index contributed by atoms with van der Waals surface area (Å²) in [6.45, 7) is 3.79. The van der Waals surface area contributed by atoms with E-state index in [1.165, 1.54) is 0 Å². The Balaban J connectivity index is 1.45. The molecule has 0 aliphatic carbocycles. The molecular weight excluding hydrogens is 412 g/mol. The number of aromatic nitrogens is 4. The van der Waals surface area contributed by atoms with Crippen LogP contribution in [0.1, 0.15) is 11.4 Å². The summed E-state index contributed by atoms with van der Waals surface area (Å²) in [6, 6.07) is 10.6. The van der Waals surface area contributed by atoms with Gasteiger partial charge in [-0.05, 0) is 30.7 Å². The molecular formula is C19H21ClN6O2S. The van der Waals surface area contributed by atoms with E-state index in [4.69, 9.17) is 11.6 Å². The summed E-state index contributed by atoms with van der Waals surface area (Å²) < 4.78 is 28.8. The Kier molecular flexibility index (Phi) is 5.53. The number of aryl methyl sites for hydroxylation is 1. The minimum atomic E-state index is -3.39. The summed E-state index contributed by atoms with van der Waals surface area (Å²) in [6.07, 6.45) is 3.52. The first-order valence-electron chi connectivity index (χ1n) is 9.24. The van der Waals surface area contributed by atoms with Gasteiger partial charge in [0.1, 0.15) is 11.6 Å². The molecule has 4 rings (SSSR count). The van der Waals surface area contributed by atoms with Gasteiger partial charge in [0.2, 0.25) is 10.0 Å². The van der Waals surface area contributed by atoms with Gasteiger partial charge in [-0.1, -0.05) is 23.7 Å². The van der Waals surface area contributed by atoms with Crippen molar-refractivity contribution in [3.63, 3.8) is 0 Å². The monoisotopic (exact) mass is 432 g/mol. The third kappa shape index (κ3) is 4.58. The highest BCUT2D eigenvalue weighted by molar-refractivity contribution is 7.88. The Hall–Kier alpha value is -2.49. The number of nitrogens with zero attached hydrogens (tertiary/aromatic N) is 6. The number of hydrogen-bond donors (Lipinski definition) is 0.